The fourth-order valence-electron chi connectivity index (χ4n) is 8.37. The van der Waals surface area contributed by atoms with Gasteiger partial charge in [0.25, 0.3) is 0 Å². The van der Waals surface area contributed by atoms with Crippen molar-refractivity contribution in [3.05, 3.63) is 24.3 Å². The lowest BCUT2D eigenvalue weighted by molar-refractivity contribution is -0.302. The molecule has 0 spiro atoms. The van der Waals surface area contributed by atoms with E-state index >= 15 is 0 Å². The largest absolute Gasteiger partial charge is 0.394 e. The van der Waals surface area contributed by atoms with E-state index in [1.54, 1.807) is 0 Å². The molecule has 1 amide bonds. The van der Waals surface area contributed by atoms with Crippen LogP contribution in [0.1, 0.15) is 245 Å². The molecule has 6 N–H and O–H groups in total. The molecule has 61 heavy (non-hydrogen) atoms. The van der Waals surface area contributed by atoms with Gasteiger partial charge in [-0.2, -0.15) is 0 Å². The predicted molar refractivity (Wildman–Crippen MR) is 253 cm³/mol. The first-order valence-electron chi connectivity index (χ1n) is 26.0. The highest BCUT2D eigenvalue weighted by molar-refractivity contribution is 5.76. The van der Waals surface area contributed by atoms with Gasteiger partial charge in [0.15, 0.2) is 6.29 Å². The van der Waals surface area contributed by atoms with Crippen LogP contribution in [-0.2, 0) is 14.3 Å². The summed E-state index contributed by atoms with van der Waals surface area (Å²) >= 11 is 0. The minimum atomic E-state index is -1.55. The smallest absolute Gasteiger partial charge is 0.220 e. The van der Waals surface area contributed by atoms with E-state index in [-0.39, 0.29) is 12.5 Å². The number of carbonyl (C=O) groups is 1. The fourth-order valence-corrected chi connectivity index (χ4v) is 8.37. The number of hydrogen-bond acceptors (Lipinski definition) is 8. The van der Waals surface area contributed by atoms with Crippen molar-refractivity contribution < 1.29 is 39.8 Å². The SMILES string of the molecule is CCCCCCC/C=C\C/C=C\CCCCCCCCCCCCCCCCCCCC(=O)NC(COC1OC(CO)C(O)C(O)C1O)C(O)CCCCCCCCCCC. The fraction of sp³-hybridized carbons (Fsp3) is 0.904. The molecule has 0 aromatic heterocycles. The molecule has 1 saturated heterocycles. The van der Waals surface area contributed by atoms with Gasteiger partial charge in [-0.05, 0) is 44.9 Å². The molecule has 0 radical (unpaired) electrons. The van der Waals surface area contributed by atoms with Gasteiger partial charge in [0.05, 0.1) is 25.4 Å². The highest BCUT2D eigenvalue weighted by atomic mass is 16.7. The quantitative estimate of drug-likeness (QED) is 0.0262. The van der Waals surface area contributed by atoms with E-state index in [0.29, 0.717) is 12.8 Å². The first-order chi connectivity index (χ1) is 29.8. The third kappa shape index (κ3) is 32.9. The summed E-state index contributed by atoms with van der Waals surface area (Å²) < 4.78 is 11.2. The minimum Gasteiger partial charge on any atom is -0.394 e. The molecule has 9 heteroatoms. The van der Waals surface area contributed by atoms with Gasteiger partial charge in [-0.1, -0.05) is 218 Å². The molecule has 1 fully saturated rings. The maximum absolute atomic E-state index is 13.0. The molecule has 0 aromatic rings. The summed E-state index contributed by atoms with van der Waals surface area (Å²) in [6, 6.07) is -0.714. The van der Waals surface area contributed by atoms with Crippen molar-refractivity contribution in [2.24, 2.45) is 0 Å². The molecule has 1 aliphatic heterocycles. The van der Waals surface area contributed by atoms with Crippen LogP contribution in [0.15, 0.2) is 24.3 Å². The van der Waals surface area contributed by atoms with Crippen LogP contribution in [0.2, 0.25) is 0 Å². The maximum Gasteiger partial charge on any atom is 0.220 e. The standard InChI is InChI=1S/C52H99NO8/c1-3-5-7-9-11-13-14-15-16-17-18-19-20-21-22-23-24-25-26-27-28-29-30-31-32-34-36-38-40-42-48(56)53-45(46(55)41-39-37-35-33-12-10-8-6-4-2)44-60-52-51(59)50(58)49(57)47(43-54)61-52/h14-15,17-18,45-47,49-52,54-55,57-59H,3-13,16,19-44H2,1-2H3,(H,53,56)/b15-14-,18-17-. The summed E-state index contributed by atoms with van der Waals surface area (Å²) in [5.41, 5.74) is 0. The third-order valence-electron chi connectivity index (χ3n) is 12.6. The van der Waals surface area contributed by atoms with Gasteiger partial charge in [0.2, 0.25) is 5.91 Å². The van der Waals surface area contributed by atoms with Gasteiger partial charge in [0, 0.05) is 6.42 Å². The Morgan fingerprint density at radius 1 is 0.557 bits per heavy atom. The van der Waals surface area contributed by atoms with Crippen LogP contribution in [0.4, 0.5) is 0 Å². The van der Waals surface area contributed by atoms with E-state index in [4.69, 9.17) is 9.47 Å². The normalized spacial score (nSPS) is 20.5. The number of hydrogen-bond donors (Lipinski definition) is 6. The van der Waals surface area contributed by atoms with E-state index < -0.39 is 49.5 Å². The zero-order valence-corrected chi connectivity index (χ0v) is 39.7. The van der Waals surface area contributed by atoms with Crippen LogP contribution in [-0.4, -0.2) is 87.5 Å². The number of carbonyl (C=O) groups excluding carboxylic acids is 1. The first-order valence-corrected chi connectivity index (χ1v) is 26.0. The molecule has 0 bridgehead atoms. The lowest BCUT2D eigenvalue weighted by Gasteiger charge is -2.40. The van der Waals surface area contributed by atoms with E-state index in [1.807, 2.05) is 0 Å². The molecule has 0 aromatic carbocycles. The van der Waals surface area contributed by atoms with Gasteiger partial charge in [-0.15, -0.1) is 0 Å². The van der Waals surface area contributed by atoms with Crippen LogP contribution >= 0.6 is 0 Å². The number of allylic oxidation sites excluding steroid dienone is 4. The molecule has 360 valence electrons. The Morgan fingerprint density at radius 2 is 0.967 bits per heavy atom. The van der Waals surface area contributed by atoms with Crippen molar-refractivity contribution in [3.8, 4) is 0 Å². The Balaban J connectivity index is 2.11. The van der Waals surface area contributed by atoms with Crippen LogP contribution in [0.3, 0.4) is 0 Å². The Kier molecular flexibility index (Phi) is 40.3. The zero-order valence-electron chi connectivity index (χ0n) is 39.7. The predicted octanol–water partition coefficient (Wildman–Crippen LogP) is 11.8. The number of aliphatic hydroxyl groups excluding tert-OH is 5. The van der Waals surface area contributed by atoms with Crippen molar-refractivity contribution in [2.75, 3.05) is 13.2 Å². The lowest BCUT2D eigenvalue weighted by Crippen LogP contribution is -2.60. The zero-order chi connectivity index (χ0) is 44.4. The number of aliphatic hydroxyl groups is 5. The van der Waals surface area contributed by atoms with Crippen molar-refractivity contribution in [1.29, 1.82) is 0 Å². The first kappa shape index (κ1) is 57.7. The average molecular weight is 866 g/mol. The number of nitrogens with one attached hydrogen (secondary N) is 1. The van der Waals surface area contributed by atoms with Gasteiger partial charge in [-0.25, -0.2) is 0 Å². The summed E-state index contributed by atoms with van der Waals surface area (Å²) in [4.78, 5) is 13.0. The van der Waals surface area contributed by atoms with Crippen molar-refractivity contribution >= 4 is 5.91 Å². The molecule has 7 unspecified atom stereocenters. The average Bonchev–Trinajstić information content (AvgIpc) is 3.26. The van der Waals surface area contributed by atoms with Crippen molar-refractivity contribution in [3.63, 3.8) is 0 Å². The van der Waals surface area contributed by atoms with E-state index in [9.17, 15) is 30.3 Å². The third-order valence-corrected chi connectivity index (χ3v) is 12.6. The van der Waals surface area contributed by atoms with Gasteiger partial charge in [-0.3, -0.25) is 4.79 Å². The molecule has 1 rings (SSSR count). The molecule has 1 heterocycles. The minimum absolute atomic E-state index is 0.135. The van der Waals surface area contributed by atoms with Crippen molar-refractivity contribution in [2.45, 2.75) is 288 Å². The highest BCUT2D eigenvalue weighted by Crippen LogP contribution is 2.23. The second kappa shape index (κ2) is 42.6. The number of rotatable bonds is 44. The summed E-state index contributed by atoms with van der Waals surface area (Å²) in [6.45, 7) is 3.81. The Labute approximate surface area is 375 Å². The monoisotopic (exact) mass is 866 g/mol. The van der Waals surface area contributed by atoms with Gasteiger partial charge in [0.1, 0.15) is 24.4 Å². The number of amides is 1. The van der Waals surface area contributed by atoms with Crippen molar-refractivity contribution in [1.82, 2.24) is 5.32 Å². The van der Waals surface area contributed by atoms with Gasteiger partial charge >= 0.3 is 0 Å². The topological polar surface area (TPSA) is 149 Å². The van der Waals surface area contributed by atoms with E-state index in [1.165, 1.54) is 173 Å². The molecule has 0 aliphatic carbocycles. The Hall–Kier alpha value is -1.33. The van der Waals surface area contributed by atoms with E-state index in [2.05, 4.69) is 43.5 Å². The summed E-state index contributed by atoms with van der Waals surface area (Å²) in [5.74, 6) is -0.144. The highest BCUT2D eigenvalue weighted by Gasteiger charge is 2.44. The van der Waals surface area contributed by atoms with Crippen LogP contribution < -0.4 is 5.32 Å². The molecule has 9 nitrogen and oxygen atoms in total. The van der Waals surface area contributed by atoms with Crippen LogP contribution in [0.25, 0.3) is 0 Å². The summed E-state index contributed by atoms with van der Waals surface area (Å²) in [5, 5.41) is 54.3. The summed E-state index contributed by atoms with van der Waals surface area (Å²) in [7, 11) is 0. The molecule has 1 aliphatic rings. The van der Waals surface area contributed by atoms with Crippen LogP contribution in [0.5, 0.6) is 0 Å². The molecule has 7 atom stereocenters. The summed E-state index contributed by atoms with van der Waals surface area (Å²) in [6.07, 6.45) is 45.1. The second-order valence-electron chi connectivity index (χ2n) is 18.3. The number of ether oxygens (including phenoxy) is 2. The second-order valence-corrected chi connectivity index (χ2v) is 18.3. The van der Waals surface area contributed by atoms with Crippen LogP contribution in [0, 0.1) is 0 Å². The van der Waals surface area contributed by atoms with E-state index in [0.717, 1.165) is 44.9 Å². The molecule has 0 saturated carbocycles. The molecular weight excluding hydrogens is 767 g/mol. The Bertz CT molecular complexity index is 1010. The molecular formula is C52H99NO8. The lowest BCUT2D eigenvalue weighted by atomic mass is 9.99. The Morgan fingerprint density at radius 3 is 1.41 bits per heavy atom. The number of unbranched alkanes of at least 4 members (excludes halogenated alkanes) is 30. The maximum atomic E-state index is 13.0. The van der Waals surface area contributed by atoms with Gasteiger partial charge < -0.3 is 40.3 Å².